The molecule has 0 spiro atoms. The monoisotopic (exact) mass is 565 g/mol. The third kappa shape index (κ3) is 6.24. The normalized spacial score (nSPS) is 16.0. The lowest BCUT2D eigenvalue weighted by atomic mass is 9.99. The molecular weight excluding hydrogens is 530 g/mol. The standard InChI is InChI=1S/C33H35N5O2S/c1-22(2)32-35-36-33(41-32)23-10-12-28(13-11-23)40-30-19-25(8-9-27(30)21-38-17-5-7-31(38)39)29-18-24(14-15-34-29)26-6-4-16-37(3)20-26/h6,8-15,18-19,22H,4-5,7,16-17,20-21H2,1-3H3. The zero-order valence-electron chi connectivity index (χ0n) is 23.8. The number of likely N-dealkylation sites (tertiary alicyclic amines) is 1. The van der Waals surface area contributed by atoms with E-state index in [0.717, 1.165) is 76.4 Å². The second-order valence-electron chi connectivity index (χ2n) is 11.2. The van der Waals surface area contributed by atoms with Gasteiger partial charge in [0.2, 0.25) is 5.91 Å². The zero-order chi connectivity index (χ0) is 28.3. The van der Waals surface area contributed by atoms with Gasteiger partial charge in [0.25, 0.3) is 0 Å². The first-order valence-electron chi connectivity index (χ1n) is 14.3. The molecule has 8 heteroatoms. The summed E-state index contributed by atoms with van der Waals surface area (Å²) >= 11 is 1.62. The van der Waals surface area contributed by atoms with Crippen molar-refractivity contribution in [2.75, 3.05) is 26.7 Å². The number of hydrogen-bond donors (Lipinski definition) is 0. The summed E-state index contributed by atoms with van der Waals surface area (Å²) in [4.78, 5) is 21.4. The van der Waals surface area contributed by atoms with Gasteiger partial charge in [-0.05, 0) is 73.5 Å². The Morgan fingerprint density at radius 1 is 0.976 bits per heavy atom. The molecule has 2 aliphatic rings. The highest BCUT2D eigenvalue weighted by atomic mass is 32.1. The van der Waals surface area contributed by atoms with Crippen molar-refractivity contribution >= 4 is 22.8 Å². The first kappa shape index (κ1) is 27.3. The molecular formula is C33H35N5O2S. The molecule has 2 aromatic carbocycles. The maximum Gasteiger partial charge on any atom is 0.222 e. The lowest BCUT2D eigenvalue weighted by molar-refractivity contribution is -0.128. The topological polar surface area (TPSA) is 71.5 Å². The van der Waals surface area contributed by atoms with Crippen LogP contribution < -0.4 is 4.74 Å². The number of benzene rings is 2. The third-order valence-electron chi connectivity index (χ3n) is 7.63. The predicted molar refractivity (Wildman–Crippen MR) is 164 cm³/mol. The molecule has 0 saturated carbocycles. The van der Waals surface area contributed by atoms with Crippen LogP contribution in [0.5, 0.6) is 11.5 Å². The minimum Gasteiger partial charge on any atom is -0.457 e. The van der Waals surface area contributed by atoms with Crippen LogP contribution in [0.15, 0.2) is 66.9 Å². The van der Waals surface area contributed by atoms with Crippen LogP contribution in [-0.4, -0.2) is 57.6 Å². The number of rotatable bonds is 8. The third-order valence-corrected chi connectivity index (χ3v) is 8.90. The van der Waals surface area contributed by atoms with Gasteiger partial charge in [0.05, 0.1) is 5.69 Å². The van der Waals surface area contributed by atoms with Gasteiger partial charge in [0.1, 0.15) is 21.5 Å². The van der Waals surface area contributed by atoms with Gasteiger partial charge in [-0.1, -0.05) is 43.4 Å². The summed E-state index contributed by atoms with van der Waals surface area (Å²) in [5, 5.41) is 10.6. The van der Waals surface area contributed by atoms with Gasteiger partial charge in [-0.2, -0.15) is 0 Å². The molecule has 1 amide bonds. The van der Waals surface area contributed by atoms with E-state index in [1.54, 1.807) is 11.3 Å². The number of ether oxygens (including phenoxy) is 1. The fraction of sp³-hybridized carbons (Fsp3) is 0.333. The van der Waals surface area contributed by atoms with E-state index in [4.69, 9.17) is 9.72 Å². The Morgan fingerprint density at radius 3 is 2.54 bits per heavy atom. The summed E-state index contributed by atoms with van der Waals surface area (Å²) in [5.41, 5.74) is 6.41. The second kappa shape index (κ2) is 11.9. The predicted octanol–water partition coefficient (Wildman–Crippen LogP) is 7.02. The van der Waals surface area contributed by atoms with E-state index < -0.39 is 0 Å². The highest BCUT2D eigenvalue weighted by Gasteiger charge is 2.22. The number of carbonyl (C=O) groups excluding carboxylic acids is 1. The highest BCUT2D eigenvalue weighted by Crippen LogP contribution is 2.34. The fourth-order valence-corrected chi connectivity index (χ4v) is 6.14. The summed E-state index contributed by atoms with van der Waals surface area (Å²) in [5.74, 6) is 2.01. The molecule has 0 unspecified atom stereocenters. The Morgan fingerprint density at radius 2 is 1.80 bits per heavy atom. The SMILES string of the molecule is CC(C)c1nnc(-c2ccc(Oc3cc(-c4cc(C5=CCCN(C)C5)ccn4)ccc3CN3CCCC3=O)cc2)s1. The zero-order valence-corrected chi connectivity index (χ0v) is 24.7. The molecule has 0 N–H and O–H groups in total. The van der Waals surface area contributed by atoms with Crippen LogP contribution >= 0.6 is 11.3 Å². The molecule has 0 radical (unpaired) electrons. The molecule has 0 bridgehead atoms. The summed E-state index contributed by atoms with van der Waals surface area (Å²) in [6, 6.07) is 18.4. The number of aromatic nitrogens is 3. The summed E-state index contributed by atoms with van der Waals surface area (Å²) in [6.45, 7) is 7.58. The maximum absolute atomic E-state index is 12.4. The van der Waals surface area contributed by atoms with Crippen molar-refractivity contribution in [3.05, 3.63) is 83.0 Å². The Labute approximate surface area is 245 Å². The molecule has 0 atom stereocenters. The summed E-state index contributed by atoms with van der Waals surface area (Å²) in [7, 11) is 2.16. The number of hydrogen-bond acceptors (Lipinski definition) is 7. The van der Waals surface area contributed by atoms with E-state index in [1.165, 1.54) is 11.1 Å². The molecule has 1 saturated heterocycles. The molecule has 6 rings (SSSR count). The van der Waals surface area contributed by atoms with Gasteiger partial charge in [0, 0.05) is 61.4 Å². The van der Waals surface area contributed by atoms with Crippen LogP contribution in [0.1, 0.15) is 55.2 Å². The van der Waals surface area contributed by atoms with Crippen molar-refractivity contribution in [3.63, 3.8) is 0 Å². The first-order valence-corrected chi connectivity index (χ1v) is 15.1. The van der Waals surface area contributed by atoms with Gasteiger partial charge in [-0.25, -0.2) is 0 Å². The van der Waals surface area contributed by atoms with Gasteiger partial charge >= 0.3 is 0 Å². The molecule has 1 fully saturated rings. The number of carbonyl (C=O) groups is 1. The largest absolute Gasteiger partial charge is 0.457 e. The first-order chi connectivity index (χ1) is 19.9. The molecule has 4 heterocycles. The van der Waals surface area contributed by atoms with Crippen molar-refractivity contribution in [2.24, 2.45) is 0 Å². The summed E-state index contributed by atoms with van der Waals surface area (Å²) in [6.07, 6.45) is 6.79. The van der Waals surface area contributed by atoms with Crippen LogP contribution in [0, 0.1) is 0 Å². The van der Waals surface area contributed by atoms with E-state index in [1.807, 2.05) is 35.4 Å². The van der Waals surface area contributed by atoms with Crippen LogP contribution in [-0.2, 0) is 11.3 Å². The second-order valence-corrected chi connectivity index (χ2v) is 12.2. The van der Waals surface area contributed by atoms with Crippen LogP contribution in [0.25, 0.3) is 27.4 Å². The molecule has 41 heavy (non-hydrogen) atoms. The van der Waals surface area contributed by atoms with Crippen molar-refractivity contribution in [1.82, 2.24) is 25.0 Å². The van der Waals surface area contributed by atoms with Gasteiger partial charge in [-0.15, -0.1) is 10.2 Å². The number of nitrogens with zero attached hydrogens (tertiary/aromatic N) is 5. The van der Waals surface area contributed by atoms with Gasteiger partial charge < -0.3 is 14.5 Å². The van der Waals surface area contributed by atoms with Crippen molar-refractivity contribution in [3.8, 4) is 33.3 Å². The molecule has 7 nitrogen and oxygen atoms in total. The van der Waals surface area contributed by atoms with E-state index >= 15 is 0 Å². The molecule has 2 aromatic heterocycles. The number of amides is 1. The molecule has 210 valence electrons. The van der Waals surface area contributed by atoms with Crippen molar-refractivity contribution in [2.45, 2.75) is 45.6 Å². The van der Waals surface area contributed by atoms with Crippen LogP contribution in [0.3, 0.4) is 0 Å². The highest BCUT2D eigenvalue weighted by molar-refractivity contribution is 7.14. The van der Waals surface area contributed by atoms with Gasteiger partial charge in [0.15, 0.2) is 0 Å². The Bertz CT molecular complexity index is 1580. The van der Waals surface area contributed by atoms with Crippen molar-refractivity contribution < 1.29 is 9.53 Å². The van der Waals surface area contributed by atoms with E-state index in [9.17, 15) is 4.79 Å². The molecule has 0 aliphatic carbocycles. The summed E-state index contributed by atoms with van der Waals surface area (Å²) < 4.78 is 6.50. The van der Waals surface area contributed by atoms with E-state index in [2.05, 4.69) is 72.4 Å². The number of likely N-dealkylation sites (N-methyl/N-ethyl adjacent to an activating group) is 1. The minimum atomic E-state index is 0.197. The lowest BCUT2D eigenvalue weighted by Crippen LogP contribution is -2.24. The molecule has 4 aromatic rings. The molecule has 2 aliphatic heterocycles. The smallest absolute Gasteiger partial charge is 0.222 e. The maximum atomic E-state index is 12.4. The van der Waals surface area contributed by atoms with E-state index in [0.29, 0.717) is 18.9 Å². The van der Waals surface area contributed by atoms with Gasteiger partial charge in [-0.3, -0.25) is 9.78 Å². The van der Waals surface area contributed by atoms with E-state index in [-0.39, 0.29) is 5.91 Å². The average molecular weight is 566 g/mol. The minimum absolute atomic E-state index is 0.197. The fourth-order valence-electron chi connectivity index (χ4n) is 5.28. The van der Waals surface area contributed by atoms with Crippen LogP contribution in [0.4, 0.5) is 0 Å². The Kier molecular flexibility index (Phi) is 7.94. The van der Waals surface area contributed by atoms with Crippen molar-refractivity contribution in [1.29, 1.82) is 0 Å². The average Bonchev–Trinajstić information content (AvgIpc) is 3.64. The number of pyridine rings is 1. The Balaban J connectivity index is 1.29. The lowest BCUT2D eigenvalue weighted by Gasteiger charge is -2.23. The van der Waals surface area contributed by atoms with Crippen LogP contribution in [0.2, 0.25) is 0 Å². The quantitative estimate of drug-likeness (QED) is 0.229. The Hall–Kier alpha value is -3.88.